The SMILES string of the molecule is Fc1cncc(-c2cc(NC3CC3)n[nH]2)c1. The molecule has 0 amide bonds. The number of H-pyrrole nitrogens is 1. The zero-order valence-corrected chi connectivity index (χ0v) is 8.57. The van der Waals surface area contributed by atoms with Crippen LogP contribution < -0.4 is 5.32 Å². The van der Waals surface area contributed by atoms with Crippen molar-refractivity contribution in [2.45, 2.75) is 18.9 Å². The third kappa shape index (κ3) is 1.88. The fourth-order valence-electron chi connectivity index (χ4n) is 1.54. The number of pyridine rings is 1. The minimum atomic E-state index is -0.344. The van der Waals surface area contributed by atoms with E-state index in [1.807, 2.05) is 6.07 Å². The smallest absolute Gasteiger partial charge is 0.148 e. The van der Waals surface area contributed by atoms with Gasteiger partial charge in [-0.15, -0.1) is 0 Å². The number of aromatic amines is 1. The van der Waals surface area contributed by atoms with Crippen molar-refractivity contribution in [3.63, 3.8) is 0 Å². The molecule has 1 saturated carbocycles. The first kappa shape index (κ1) is 9.33. The second kappa shape index (κ2) is 3.59. The lowest BCUT2D eigenvalue weighted by molar-refractivity contribution is 0.622. The molecule has 1 fully saturated rings. The van der Waals surface area contributed by atoms with Crippen molar-refractivity contribution in [3.05, 3.63) is 30.3 Å². The van der Waals surface area contributed by atoms with Crippen molar-refractivity contribution in [1.82, 2.24) is 15.2 Å². The predicted octanol–water partition coefficient (Wildman–Crippen LogP) is 2.19. The number of aromatic nitrogens is 3. The highest BCUT2D eigenvalue weighted by atomic mass is 19.1. The van der Waals surface area contributed by atoms with Crippen LogP contribution in [-0.2, 0) is 0 Å². The van der Waals surface area contributed by atoms with Crippen molar-refractivity contribution in [2.75, 3.05) is 5.32 Å². The maximum Gasteiger partial charge on any atom is 0.148 e. The molecule has 82 valence electrons. The summed E-state index contributed by atoms with van der Waals surface area (Å²) < 4.78 is 13.0. The predicted molar refractivity (Wildman–Crippen MR) is 58.4 cm³/mol. The number of nitrogens with one attached hydrogen (secondary N) is 2. The molecule has 16 heavy (non-hydrogen) atoms. The maximum atomic E-state index is 13.0. The van der Waals surface area contributed by atoms with Gasteiger partial charge in [0.2, 0.25) is 0 Å². The van der Waals surface area contributed by atoms with Gasteiger partial charge >= 0.3 is 0 Å². The molecule has 0 saturated heterocycles. The Bertz CT molecular complexity index is 504. The molecule has 0 unspecified atom stereocenters. The molecule has 2 heterocycles. The Morgan fingerprint density at radius 2 is 2.19 bits per heavy atom. The van der Waals surface area contributed by atoms with Crippen LogP contribution in [0, 0.1) is 5.82 Å². The molecule has 0 radical (unpaired) electrons. The quantitative estimate of drug-likeness (QED) is 0.830. The molecule has 0 aliphatic heterocycles. The van der Waals surface area contributed by atoms with E-state index in [4.69, 9.17) is 0 Å². The normalized spacial score (nSPS) is 15.1. The fraction of sp³-hybridized carbons (Fsp3) is 0.273. The summed E-state index contributed by atoms with van der Waals surface area (Å²) in [5, 5.41) is 10.2. The zero-order chi connectivity index (χ0) is 11.0. The first-order valence-corrected chi connectivity index (χ1v) is 5.24. The van der Waals surface area contributed by atoms with Crippen LogP contribution in [0.15, 0.2) is 24.5 Å². The van der Waals surface area contributed by atoms with Crippen molar-refractivity contribution in [3.8, 4) is 11.3 Å². The van der Waals surface area contributed by atoms with E-state index in [0.717, 1.165) is 11.5 Å². The van der Waals surface area contributed by atoms with Gasteiger partial charge in [-0.3, -0.25) is 10.1 Å². The van der Waals surface area contributed by atoms with Gasteiger partial charge in [-0.2, -0.15) is 5.10 Å². The van der Waals surface area contributed by atoms with Crippen molar-refractivity contribution >= 4 is 5.82 Å². The molecule has 2 aromatic rings. The van der Waals surface area contributed by atoms with Crippen LogP contribution >= 0.6 is 0 Å². The fourth-order valence-corrected chi connectivity index (χ4v) is 1.54. The molecule has 2 N–H and O–H groups in total. The van der Waals surface area contributed by atoms with E-state index in [2.05, 4.69) is 20.5 Å². The van der Waals surface area contributed by atoms with Gasteiger partial charge in [0.25, 0.3) is 0 Å². The van der Waals surface area contributed by atoms with Crippen LogP contribution in [0.5, 0.6) is 0 Å². The van der Waals surface area contributed by atoms with Crippen molar-refractivity contribution < 1.29 is 4.39 Å². The topological polar surface area (TPSA) is 53.6 Å². The molecule has 1 aliphatic carbocycles. The lowest BCUT2D eigenvalue weighted by Crippen LogP contribution is -2.00. The molecular formula is C11H11FN4. The van der Waals surface area contributed by atoms with Crippen LogP contribution in [0.2, 0.25) is 0 Å². The van der Waals surface area contributed by atoms with Gasteiger partial charge in [0.15, 0.2) is 0 Å². The molecule has 3 rings (SSSR count). The Labute approximate surface area is 91.9 Å². The van der Waals surface area contributed by atoms with Gasteiger partial charge in [-0.05, 0) is 18.9 Å². The lowest BCUT2D eigenvalue weighted by Gasteiger charge is -1.96. The molecular weight excluding hydrogens is 207 g/mol. The summed E-state index contributed by atoms with van der Waals surface area (Å²) >= 11 is 0. The number of halogens is 1. The van der Waals surface area contributed by atoms with E-state index in [-0.39, 0.29) is 5.82 Å². The minimum Gasteiger partial charge on any atom is -0.366 e. The molecule has 0 spiro atoms. The number of anilines is 1. The van der Waals surface area contributed by atoms with Crippen molar-refractivity contribution in [1.29, 1.82) is 0 Å². The number of rotatable bonds is 3. The molecule has 1 aliphatic rings. The second-order valence-electron chi connectivity index (χ2n) is 3.98. The van der Waals surface area contributed by atoms with Gasteiger partial charge < -0.3 is 5.32 Å². The molecule has 0 aromatic carbocycles. The highest BCUT2D eigenvalue weighted by Gasteiger charge is 2.21. The van der Waals surface area contributed by atoms with Crippen LogP contribution in [0.1, 0.15) is 12.8 Å². The van der Waals surface area contributed by atoms with Gasteiger partial charge in [0, 0.05) is 23.9 Å². The summed E-state index contributed by atoms with van der Waals surface area (Å²) in [6.45, 7) is 0. The van der Waals surface area contributed by atoms with Crippen LogP contribution in [0.25, 0.3) is 11.3 Å². The Morgan fingerprint density at radius 1 is 1.31 bits per heavy atom. The first-order valence-electron chi connectivity index (χ1n) is 5.24. The highest BCUT2D eigenvalue weighted by molar-refractivity contribution is 5.61. The summed E-state index contributed by atoms with van der Waals surface area (Å²) in [5.74, 6) is 0.463. The maximum absolute atomic E-state index is 13.0. The summed E-state index contributed by atoms with van der Waals surface area (Å²) in [6, 6.07) is 3.86. The molecule has 5 heteroatoms. The Morgan fingerprint density at radius 3 is 2.94 bits per heavy atom. The Hall–Kier alpha value is -1.91. The monoisotopic (exact) mass is 218 g/mol. The minimum absolute atomic E-state index is 0.344. The van der Waals surface area contributed by atoms with Crippen molar-refractivity contribution in [2.24, 2.45) is 0 Å². The van der Waals surface area contributed by atoms with E-state index in [0.29, 0.717) is 11.6 Å². The van der Waals surface area contributed by atoms with E-state index < -0.39 is 0 Å². The Kier molecular flexibility index (Phi) is 2.09. The van der Waals surface area contributed by atoms with Crippen LogP contribution in [0.3, 0.4) is 0 Å². The average Bonchev–Trinajstić information content (AvgIpc) is 2.94. The van der Waals surface area contributed by atoms with E-state index in [1.54, 1.807) is 6.20 Å². The Balaban J connectivity index is 1.85. The zero-order valence-electron chi connectivity index (χ0n) is 8.57. The van der Waals surface area contributed by atoms with Gasteiger partial charge in [0.05, 0.1) is 11.9 Å². The van der Waals surface area contributed by atoms with E-state index >= 15 is 0 Å². The number of nitrogens with zero attached hydrogens (tertiary/aromatic N) is 2. The van der Waals surface area contributed by atoms with Gasteiger partial charge in [-0.1, -0.05) is 0 Å². The molecule has 0 atom stereocenters. The standard InChI is InChI=1S/C11H11FN4/c12-8-3-7(5-13-6-8)10-4-11(16-15-10)14-9-1-2-9/h3-6,9H,1-2H2,(H2,14,15,16). The molecule has 4 nitrogen and oxygen atoms in total. The summed E-state index contributed by atoms with van der Waals surface area (Å²) in [5.41, 5.74) is 1.48. The number of hydrogen-bond acceptors (Lipinski definition) is 3. The summed E-state index contributed by atoms with van der Waals surface area (Å²) in [4.78, 5) is 3.80. The average molecular weight is 218 g/mol. The van der Waals surface area contributed by atoms with E-state index in [1.165, 1.54) is 25.1 Å². The first-order chi connectivity index (χ1) is 7.81. The lowest BCUT2D eigenvalue weighted by atomic mass is 10.2. The summed E-state index contributed by atoms with van der Waals surface area (Å²) in [6.07, 6.45) is 5.19. The molecule has 0 bridgehead atoms. The number of hydrogen-bond donors (Lipinski definition) is 2. The summed E-state index contributed by atoms with van der Waals surface area (Å²) in [7, 11) is 0. The van der Waals surface area contributed by atoms with Crippen LogP contribution in [0.4, 0.5) is 10.2 Å². The third-order valence-corrected chi connectivity index (χ3v) is 2.52. The van der Waals surface area contributed by atoms with Gasteiger partial charge in [0.1, 0.15) is 11.6 Å². The van der Waals surface area contributed by atoms with Crippen LogP contribution in [-0.4, -0.2) is 21.2 Å². The third-order valence-electron chi connectivity index (χ3n) is 2.52. The second-order valence-corrected chi connectivity index (χ2v) is 3.98. The van der Waals surface area contributed by atoms with Gasteiger partial charge in [-0.25, -0.2) is 4.39 Å². The molecule has 2 aromatic heterocycles. The highest BCUT2D eigenvalue weighted by Crippen LogP contribution is 2.26. The largest absolute Gasteiger partial charge is 0.366 e. The van der Waals surface area contributed by atoms with E-state index in [9.17, 15) is 4.39 Å².